The predicted molar refractivity (Wildman–Crippen MR) is 85.7 cm³/mol. The average molecular weight is 368 g/mol. The first-order chi connectivity index (χ1) is 9.58. The fourth-order valence-electron chi connectivity index (χ4n) is 1.46. The number of halogens is 2. The molecule has 0 unspecified atom stereocenters. The van der Waals surface area contributed by atoms with E-state index in [9.17, 15) is 4.79 Å². The van der Waals surface area contributed by atoms with Crippen molar-refractivity contribution in [3.05, 3.63) is 55.7 Å². The lowest BCUT2D eigenvalue weighted by atomic mass is 10.2. The number of carbonyl (C=O) groups is 1. The first-order valence-electron chi connectivity index (χ1n) is 5.52. The SMILES string of the molecule is N#C/C(=C/c1ccc(Cl)s1)C(=O)Nc1cccc(Br)c1. The summed E-state index contributed by atoms with van der Waals surface area (Å²) in [6, 6.07) is 12.5. The molecule has 0 atom stereocenters. The molecule has 2 rings (SSSR count). The minimum absolute atomic E-state index is 0.0310. The third kappa shape index (κ3) is 3.94. The van der Waals surface area contributed by atoms with Gasteiger partial charge in [0.25, 0.3) is 5.91 Å². The predicted octanol–water partition coefficient (Wildman–Crippen LogP) is 4.71. The summed E-state index contributed by atoms with van der Waals surface area (Å²) in [5, 5.41) is 11.8. The number of hydrogen-bond acceptors (Lipinski definition) is 3. The second-order valence-electron chi connectivity index (χ2n) is 3.78. The first-order valence-corrected chi connectivity index (χ1v) is 7.51. The van der Waals surface area contributed by atoms with Crippen LogP contribution >= 0.6 is 38.9 Å². The van der Waals surface area contributed by atoms with Crippen molar-refractivity contribution in [3.63, 3.8) is 0 Å². The van der Waals surface area contributed by atoms with Crippen molar-refractivity contribution < 1.29 is 4.79 Å². The molecule has 0 aliphatic rings. The number of carbonyl (C=O) groups excluding carboxylic acids is 1. The van der Waals surface area contributed by atoms with E-state index >= 15 is 0 Å². The molecule has 0 spiro atoms. The van der Waals surface area contributed by atoms with Gasteiger partial charge in [0, 0.05) is 15.0 Å². The molecule has 0 bridgehead atoms. The van der Waals surface area contributed by atoms with Crippen molar-refractivity contribution in [1.29, 1.82) is 5.26 Å². The largest absolute Gasteiger partial charge is 0.321 e. The van der Waals surface area contributed by atoms with Crippen molar-refractivity contribution in [2.75, 3.05) is 5.32 Å². The minimum atomic E-state index is -0.449. The van der Waals surface area contributed by atoms with E-state index in [1.165, 1.54) is 17.4 Å². The molecule has 0 aliphatic carbocycles. The Morgan fingerprint density at radius 2 is 2.20 bits per heavy atom. The molecule has 3 nitrogen and oxygen atoms in total. The molecule has 6 heteroatoms. The monoisotopic (exact) mass is 366 g/mol. The lowest BCUT2D eigenvalue weighted by molar-refractivity contribution is -0.112. The number of amides is 1. The van der Waals surface area contributed by atoms with Crippen LogP contribution in [0.5, 0.6) is 0 Å². The average Bonchev–Trinajstić information content (AvgIpc) is 2.81. The quantitative estimate of drug-likeness (QED) is 0.631. The van der Waals surface area contributed by atoms with Crippen LogP contribution in [0.25, 0.3) is 6.08 Å². The van der Waals surface area contributed by atoms with E-state index in [4.69, 9.17) is 16.9 Å². The van der Waals surface area contributed by atoms with Crippen LogP contribution < -0.4 is 5.32 Å². The first kappa shape index (κ1) is 14.8. The highest BCUT2D eigenvalue weighted by Gasteiger charge is 2.10. The van der Waals surface area contributed by atoms with E-state index in [1.54, 1.807) is 30.3 Å². The van der Waals surface area contributed by atoms with E-state index in [0.29, 0.717) is 10.0 Å². The standard InChI is InChI=1S/C14H8BrClN2OS/c15-10-2-1-3-11(7-10)18-14(19)9(8-17)6-12-4-5-13(16)20-12/h1-7H,(H,18,19)/b9-6-. The van der Waals surface area contributed by atoms with Gasteiger partial charge in [-0.05, 0) is 36.4 Å². The normalized spacial score (nSPS) is 10.9. The zero-order chi connectivity index (χ0) is 14.5. The van der Waals surface area contributed by atoms with E-state index in [-0.39, 0.29) is 5.57 Å². The number of nitrogens with zero attached hydrogens (tertiary/aromatic N) is 1. The van der Waals surface area contributed by atoms with Gasteiger partial charge in [-0.25, -0.2) is 0 Å². The Bertz CT molecular complexity index is 718. The Morgan fingerprint density at radius 1 is 1.40 bits per heavy atom. The van der Waals surface area contributed by atoms with Crippen molar-refractivity contribution in [3.8, 4) is 6.07 Å². The highest BCUT2D eigenvalue weighted by atomic mass is 79.9. The molecule has 1 amide bonds. The lowest BCUT2D eigenvalue weighted by Gasteiger charge is -2.04. The van der Waals surface area contributed by atoms with Gasteiger partial charge in [0.1, 0.15) is 11.6 Å². The summed E-state index contributed by atoms with van der Waals surface area (Å²) in [5.41, 5.74) is 0.651. The van der Waals surface area contributed by atoms with Crippen LogP contribution in [0, 0.1) is 11.3 Å². The number of thiophene rings is 1. The Labute approximate surface area is 133 Å². The number of benzene rings is 1. The second-order valence-corrected chi connectivity index (χ2v) is 6.44. The number of anilines is 1. The lowest BCUT2D eigenvalue weighted by Crippen LogP contribution is -2.13. The zero-order valence-corrected chi connectivity index (χ0v) is 13.2. The Balaban J connectivity index is 2.18. The Kier molecular flexibility index (Phi) is 4.96. The van der Waals surface area contributed by atoms with Gasteiger partial charge in [-0.15, -0.1) is 11.3 Å². The summed E-state index contributed by atoms with van der Waals surface area (Å²) in [6.45, 7) is 0. The summed E-state index contributed by atoms with van der Waals surface area (Å²) in [5.74, 6) is -0.449. The molecule has 0 aliphatic heterocycles. The molecular formula is C14H8BrClN2OS. The topological polar surface area (TPSA) is 52.9 Å². The summed E-state index contributed by atoms with van der Waals surface area (Å²) >= 11 is 10.4. The van der Waals surface area contributed by atoms with Crippen molar-refractivity contribution in [2.24, 2.45) is 0 Å². The van der Waals surface area contributed by atoms with E-state index < -0.39 is 5.91 Å². The molecule has 100 valence electrons. The summed E-state index contributed by atoms with van der Waals surface area (Å²) in [4.78, 5) is 12.8. The maximum atomic E-state index is 12.0. The molecule has 0 radical (unpaired) electrons. The fraction of sp³-hybridized carbons (Fsp3) is 0. The van der Waals surface area contributed by atoms with E-state index in [2.05, 4.69) is 21.2 Å². The number of rotatable bonds is 3. The van der Waals surface area contributed by atoms with Crippen molar-refractivity contribution in [1.82, 2.24) is 0 Å². The molecule has 1 aromatic heterocycles. The minimum Gasteiger partial charge on any atom is -0.321 e. The van der Waals surface area contributed by atoms with E-state index in [0.717, 1.165) is 9.35 Å². The van der Waals surface area contributed by atoms with E-state index in [1.807, 2.05) is 12.1 Å². The highest BCUT2D eigenvalue weighted by molar-refractivity contribution is 9.10. The van der Waals surface area contributed by atoms with Gasteiger partial charge < -0.3 is 5.32 Å². The zero-order valence-electron chi connectivity index (χ0n) is 10.1. The van der Waals surface area contributed by atoms with Crippen LogP contribution in [0.4, 0.5) is 5.69 Å². The molecule has 1 aromatic carbocycles. The Hall–Kier alpha value is -1.61. The fourth-order valence-corrected chi connectivity index (χ4v) is 2.86. The number of nitrogens with one attached hydrogen (secondary N) is 1. The molecule has 0 saturated carbocycles. The van der Waals surface area contributed by atoms with Gasteiger partial charge >= 0.3 is 0 Å². The molecule has 0 saturated heterocycles. The van der Waals surface area contributed by atoms with Crippen LogP contribution in [0.3, 0.4) is 0 Å². The highest BCUT2D eigenvalue weighted by Crippen LogP contribution is 2.24. The summed E-state index contributed by atoms with van der Waals surface area (Å²) < 4.78 is 1.46. The molecular weight excluding hydrogens is 360 g/mol. The number of nitriles is 1. The van der Waals surface area contributed by atoms with Crippen LogP contribution in [-0.4, -0.2) is 5.91 Å². The maximum Gasteiger partial charge on any atom is 0.266 e. The van der Waals surface area contributed by atoms with Gasteiger partial charge in [-0.3, -0.25) is 4.79 Å². The Morgan fingerprint density at radius 3 is 2.80 bits per heavy atom. The summed E-state index contributed by atoms with van der Waals surface area (Å²) in [7, 11) is 0. The smallest absolute Gasteiger partial charge is 0.266 e. The van der Waals surface area contributed by atoms with Gasteiger partial charge in [-0.2, -0.15) is 5.26 Å². The van der Waals surface area contributed by atoms with Gasteiger partial charge in [-0.1, -0.05) is 33.6 Å². The molecule has 1 heterocycles. The molecule has 1 N–H and O–H groups in total. The number of hydrogen-bond donors (Lipinski definition) is 1. The second kappa shape index (κ2) is 6.71. The van der Waals surface area contributed by atoms with Crippen LogP contribution in [0.2, 0.25) is 4.34 Å². The molecule has 0 fully saturated rings. The molecule has 20 heavy (non-hydrogen) atoms. The third-order valence-electron chi connectivity index (χ3n) is 2.33. The molecule has 2 aromatic rings. The van der Waals surface area contributed by atoms with Gasteiger partial charge in [0.05, 0.1) is 4.34 Å². The van der Waals surface area contributed by atoms with Crippen molar-refractivity contribution >= 4 is 56.5 Å². The van der Waals surface area contributed by atoms with Crippen LogP contribution in [0.15, 0.2) is 46.4 Å². The maximum absolute atomic E-state index is 12.0. The van der Waals surface area contributed by atoms with Gasteiger partial charge in [0.2, 0.25) is 0 Å². The summed E-state index contributed by atoms with van der Waals surface area (Å²) in [6.07, 6.45) is 1.52. The van der Waals surface area contributed by atoms with Crippen LogP contribution in [-0.2, 0) is 4.79 Å². The van der Waals surface area contributed by atoms with Crippen molar-refractivity contribution in [2.45, 2.75) is 0 Å². The van der Waals surface area contributed by atoms with Crippen LogP contribution in [0.1, 0.15) is 4.88 Å². The third-order valence-corrected chi connectivity index (χ3v) is 4.00. The van der Waals surface area contributed by atoms with Gasteiger partial charge in [0.15, 0.2) is 0 Å².